The van der Waals surface area contributed by atoms with Gasteiger partial charge in [0.15, 0.2) is 0 Å². The lowest BCUT2D eigenvalue weighted by Gasteiger charge is -2.32. The van der Waals surface area contributed by atoms with Gasteiger partial charge in [0.2, 0.25) is 0 Å². The van der Waals surface area contributed by atoms with Crippen LogP contribution in [0.4, 0.5) is 0 Å². The van der Waals surface area contributed by atoms with Gasteiger partial charge in [-0.2, -0.15) is 5.10 Å². The van der Waals surface area contributed by atoms with Gasteiger partial charge in [-0.05, 0) is 74.4 Å². The molecule has 0 fully saturated rings. The van der Waals surface area contributed by atoms with Gasteiger partial charge in [-0.3, -0.25) is 4.90 Å². The van der Waals surface area contributed by atoms with Crippen molar-refractivity contribution in [3.8, 4) is 16.9 Å². The molecule has 0 bridgehead atoms. The van der Waals surface area contributed by atoms with Crippen molar-refractivity contribution in [2.24, 2.45) is 0 Å². The van der Waals surface area contributed by atoms with Gasteiger partial charge < -0.3 is 4.98 Å². The molecule has 4 nitrogen and oxygen atoms in total. The van der Waals surface area contributed by atoms with Crippen LogP contribution >= 0.6 is 0 Å². The third-order valence-electron chi connectivity index (χ3n) is 8.69. The van der Waals surface area contributed by atoms with Crippen LogP contribution in [0.3, 0.4) is 0 Å². The van der Waals surface area contributed by atoms with Crippen LogP contribution in [0, 0.1) is 13.8 Å². The quantitative estimate of drug-likeness (QED) is 0.255. The number of benzene rings is 3. The van der Waals surface area contributed by atoms with Crippen molar-refractivity contribution < 1.29 is 0 Å². The number of aromatic nitrogens is 3. The minimum atomic E-state index is -0.187. The second-order valence-electron chi connectivity index (χ2n) is 11.3. The fourth-order valence-corrected chi connectivity index (χ4v) is 6.31. The van der Waals surface area contributed by atoms with Gasteiger partial charge in [-0.15, -0.1) is 0 Å². The molecule has 1 aliphatic heterocycles. The van der Waals surface area contributed by atoms with Crippen molar-refractivity contribution in [1.29, 1.82) is 0 Å². The van der Waals surface area contributed by atoms with Crippen LogP contribution in [0.5, 0.6) is 0 Å². The zero-order valence-corrected chi connectivity index (χ0v) is 23.5. The van der Waals surface area contributed by atoms with E-state index >= 15 is 0 Å². The summed E-state index contributed by atoms with van der Waals surface area (Å²) in [6.45, 7) is 15.4. The minimum absolute atomic E-state index is 0.187. The second kappa shape index (κ2) is 9.28. The summed E-state index contributed by atoms with van der Waals surface area (Å²) in [4.78, 5) is 6.08. The van der Waals surface area contributed by atoms with Gasteiger partial charge in [-0.1, -0.05) is 68.4 Å². The molecule has 3 aromatic carbocycles. The molecule has 0 aliphatic carbocycles. The molecule has 5 aromatic rings. The maximum atomic E-state index is 5.50. The van der Waals surface area contributed by atoms with Crippen LogP contribution in [-0.4, -0.2) is 19.7 Å². The Morgan fingerprint density at radius 1 is 0.842 bits per heavy atom. The number of nitrogens with zero attached hydrogens (tertiary/aromatic N) is 3. The highest BCUT2D eigenvalue weighted by molar-refractivity contribution is 5.97. The Kier molecular flexibility index (Phi) is 6.03. The van der Waals surface area contributed by atoms with E-state index in [-0.39, 0.29) is 5.54 Å². The predicted octanol–water partition coefficient (Wildman–Crippen LogP) is 8.01. The molecular weight excluding hydrogens is 464 g/mol. The Balaban J connectivity index is 1.60. The van der Waals surface area contributed by atoms with E-state index in [1.165, 1.54) is 66.9 Å². The van der Waals surface area contributed by atoms with Crippen LogP contribution in [0.15, 0.2) is 66.9 Å². The van der Waals surface area contributed by atoms with Crippen molar-refractivity contribution in [3.05, 3.63) is 106 Å². The standard InChI is InChI=1S/C34H38N4/c1-7-24-14-11-15-25(8-2)31(24)38-32(28-17-16-23(4)30-27(28)18-19-35-30)29-21-37(34(5,6)33(29)36-38)20-26-13-10-9-12-22(26)3/h9-19,35H,7-8,20-21H2,1-6H3. The first-order valence-electron chi connectivity index (χ1n) is 13.9. The monoisotopic (exact) mass is 502 g/mol. The number of hydrogen-bond acceptors (Lipinski definition) is 2. The Bertz CT molecular complexity index is 1630. The molecule has 38 heavy (non-hydrogen) atoms. The molecule has 0 atom stereocenters. The Morgan fingerprint density at radius 3 is 2.26 bits per heavy atom. The molecule has 194 valence electrons. The molecule has 0 unspecified atom stereocenters. The number of nitrogens with one attached hydrogen (secondary N) is 1. The lowest BCUT2D eigenvalue weighted by molar-refractivity contribution is 0.123. The van der Waals surface area contributed by atoms with Gasteiger partial charge in [0.05, 0.1) is 22.6 Å². The number of hydrogen-bond donors (Lipinski definition) is 1. The van der Waals surface area contributed by atoms with Gasteiger partial charge in [0.25, 0.3) is 0 Å². The highest BCUT2D eigenvalue weighted by Crippen LogP contribution is 2.46. The number of para-hydroxylation sites is 1. The first-order valence-corrected chi connectivity index (χ1v) is 13.9. The Morgan fingerprint density at radius 2 is 1.55 bits per heavy atom. The smallest absolute Gasteiger partial charge is 0.0878 e. The fraction of sp³-hybridized carbons (Fsp3) is 0.324. The summed E-state index contributed by atoms with van der Waals surface area (Å²) < 4.78 is 2.30. The van der Waals surface area contributed by atoms with Crippen LogP contribution in [-0.2, 0) is 31.5 Å². The van der Waals surface area contributed by atoms with Crippen molar-refractivity contribution in [3.63, 3.8) is 0 Å². The minimum Gasteiger partial charge on any atom is -0.361 e. The largest absolute Gasteiger partial charge is 0.361 e. The summed E-state index contributed by atoms with van der Waals surface area (Å²) >= 11 is 0. The first-order chi connectivity index (χ1) is 18.3. The fourth-order valence-electron chi connectivity index (χ4n) is 6.31. The van der Waals surface area contributed by atoms with E-state index in [1.807, 2.05) is 0 Å². The lowest BCUT2D eigenvalue weighted by atomic mass is 9.96. The number of aryl methyl sites for hydroxylation is 4. The van der Waals surface area contributed by atoms with E-state index in [0.29, 0.717) is 0 Å². The molecule has 6 rings (SSSR count). The number of fused-ring (bicyclic) bond motifs is 2. The third-order valence-corrected chi connectivity index (χ3v) is 8.69. The van der Waals surface area contributed by atoms with Crippen molar-refractivity contribution in [2.45, 2.75) is 73.0 Å². The normalized spacial score (nSPS) is 14.9. The summed E-state index contributed by atoms with van der Waals surface area (Å²) in [5.74, 6) is 0. The van der Waals surface area contributed by atoms with E-state index in [1.54, 1.807) is 0 Å². The van der Waals surface area contributed by atoms with Gasteiger partial charge >= 0.3 is 0 Å². The molecule has 0 spiro atoms. The molecule has 0 radical (unpaired) electrons. The molecule has 2 aromatic heterocycles. The molecule has 0 saturated carbocycles. The van der Waals surface area contributed by atoms with Crippen molar-refractivity contribution in [2.75, 3.05) is 0 Å². The maximum absolute atomic E-state index is 5.50. The summed E-state index contributed by atoms with van der Waals surface area (Å²) in [7, 11) is 0. The zero-order chi connectivity index (χ0) is 26.6. The van der Waals surface area contributed by atoms with E-state index in [0.717, 1.165) is 25.9 Å². The van der Waals surface area contributed by atoms with Gasteiger partial charge in [0, 0.05) is 41.3 Å². The Hall–Kier alpha value is -3.63. The molecular formula is C34H38N4. The van der Waals surface area contributed by atoms with E-state index in [2.05, 4.69) is 123 Å². The SMILES string of the molecule is CCc1cccc(CC)c1-n1nc2c(c1-c1ccc(C)c3[nH]ccc13)CN(Cc1ccccc1C)C2(C)C. The van der Waals surface area contributed by atoms with Crippen LogP contribution in [0.1, 0.15) is 66.8 Å². The van der Waals surface area contributed by atoms with Crippen LogP contribution in [0.25, 0.3) is 27.8 Å². The summed E-state index contributed by atoms with van der Waals surface area (Å²) in [5, 5.41) is 6.76. The number of aromatic amines is 1. The second-order valence-corrected chi connectivity index (χ2v) is 11.3. The number of H-pyrrole nitrogens is 1. The van der Waals surface area contributed by atoms with E-state index < -0.39 is 0 Å². The van der Waals surface area contributed by atoms with Gasteiger partial charge in [0.1, 0.15) is 0 Å². The molecule has 0 amide bonds. The van der Waals surface area contributed by atoms with Crippen LogP contribution in [0.2, 0.25) is 0 Å². The van der Waals surface area contributed by atoms with Crippen molar-refractivity contribution >= 4 is 10.9 Å². The summed E-state index contributed by atoms with van der Waals surface area (Å²) in [6, 6.07) is 22.3. The molecule has 4 heteroatoms. The average Bonchev–Trinajstić information content (AvgIpc) is 3.61. The molecule has 0 saturated heterocycles. The topological polar surface area (TPSA) is 36.9 Å². The first kappa shape index (κ1) is 24.7. The number of rotatable bonds is 6. The summed E-state index contributed by atoms with van der Waals surface area (Å²) in [6.07, 6.45) is 4.01. The van der Waals surface area contributed by atoms with E-state index in [9.17, 15) is 0 Å². The maximum Gasteiger partial charge on any atom is 0.0878 e. The molecule has 1 N–H and O–H groups in total. The molecule has 1 aliphatic rings. The Labute approximate surface area is 226 Å². The third kappa shape index (κ3) is 3.73. The average molecular weight is 503 g/mol. The lowest BCUT2D eigenvalue weighted by Crippen LogP contribution is -2.36. The summed E-state index contributed by atoms with van der Waals surface area (Å²) in [5.41, 5.74) is 14.0. The predicted molar refractivity (Wildman–Crippen MR) is 158 cm³/mol. The zero-order valence-electron chi connectivity index (χ0n) is 23.5. The van der Waals surface area contributed by atoms with Gasteiger partial charge in [-0.25, -0.2) is 4.68 Å². The van der Waals surface area contributed by atoms with Crippen molar-refractivity contribution in [1.82, 2.24) is 19.7 Å². The molecule has 3 heterocycles. The highest BCUT2D eigenvalue weighted by atomic mass is 15.3. The van der Waals surface area contributed by atoms with E-state index in [4.69, 9.17) is 5.10 Å². The highest BCUT2D eigenvalue weighted by Gasteiger charge is 2.43. The van der Waals surface area contributed by atoms with Crippen LogP contribution < -0.4 is 0 Å².